The maximum Gasteiger partial charge on any atom is 0.156 e. The Morgan fingerprint density at radius 3 is 2.88 bits per heavy atom. The zero-order chi connectivity index (χ0) is 12.0. The van der Waals surface area contributed by atoms with Crippen molar-refractivity contribution in [3.05, 3.63) is 34.7 Å². The van der Waals surface area contributed by atoms with E-state index in [0.717, 1.165) is 32.6 Å². The maximum absolute atomic E-state index is 4.62. The number of fused-ring (bicyclic) bond motifs is 1. The summed E-state index contributed by atoms with van der Waals surface area (Å²) in [5.74, 6) is 0.848. The van der Waals surface area contributed by atoms with Crippen molar-refractivity contribution in [3.8, 4) is 11.5 Å². The smallest absolute Gasteiger partial charge is 0.156 e. The molecule has 2 heterocycles. The molecule has 1 aromatic carbocycles. The van der Waals surface area contributed by atoms with Gasteiger partial charge in [-0.15, -0.1) is 0 Å². The van der Waals surface area contributed by atoms with Crippen LogP contribution in [0.5, 0.6) is 0 Å². The summed E-state index contributed by atoms with van der Waals surface area (Å²) in [4.78, 5) is 12.0. The topological polar surface area (TPSA) is 46.5 Å². The predicted octanol–water partition coefficient (Wildman–Crippen LogP) is 3.03. The van der Waals surface area contributed by atoms with Gasteiger partial charge in [0.25, 0.3) is 0 Å². The quantitative estimate of drug-likeness (QED) is 0.749. The molecule has 0 fully saturated rings. The van der Waals surface area contributed by atoms with Crippen LogP contribution >= 0.6 is 15.9 Å². The van der Waals surface area contributed by atoms with Crippen LogP contribution in [0.25, 0.3) is 22.6 Å². The van der Waals surface area contributed by atoms with Gasteiger partial charge in [0.15, 0.2) is 5.82 Å². The van der Waals surface area contributed by atoms with Gasteiger partial charge in [0.05, 0.1) is 23.6 Å². The van der Waals surface area contributed by atoms with E-state index < -0.39 is 0 Å². The summed E-state index contributed by atoms with van der Waals surface area (Å²) in [5, 5.41) is 0. The van der Waals surface area contributed by atoms with E-state index >= 15 is 0 Å². The zero-order valence-electron chi connectivity index (χ0n) is 9.53. The van der Waals surface area contributed by atoms with Crippen molar-refractivity contribution < 1.29 is 0 Å². The van der Waals surface area contributed by atoms with Gasteiger partial charge >= 0.3 is 0 Å². The van der Waals surface area contributed by atoms with Gasteiger partial charge in [-0.25, -0.2) is 9.97 Å². The third-order valence-electron chi connectivity index (χ3n) is 2.80. The molecular formula is C12H11BrN4. The lowest BCUT2D eigenvalue weighted by Gasteiger charge is -1.95. The first kappa shape index (κ1) is 10.5. The number of aromatic nitrogens is 4. The Hall–Kier alpha value is -1.62. The minimum Gasteiger partial charge on any atom is -0.337 e. The molecule has 0 saturated heterocycles. The van der Waals surface area contributed by atoms with E-state index in [1.807, 2.05) is 23.9 Å². The van der Waals surface area contributed by atoms with Crippen LogP contribution in [0.4, 0.5) is 0 Å². The molecule has 0 amide bonds. The molecule has 0 unspecified atom stereocenters. The van der Waals surface area contributed by atoms with Gasteiger partial charge in [-0.2, -0.15) is 0 Å². The minimum absolute atomic E-state index is 0.848. The molecule has 2 aromatic heterocycles. The molecule has 0 aliphatic rings. The number of aryl methyl sites for hydroxylation is 2. The van der Waals surface area contributed by atoms with E-state index in [1.165, 1.54) is 0 Å². The van der Waals surface area contributed by atoms with Crippen LogP contribution in [0.15, 0.2) is 29.1 Å². The van der Waals surface area contributed by atoms with Crippen LogP contribution in [0, 0.1) is 6.92 Å². The van der Waals surface area contributed by atoms with Gasteiger partial charge in [0.1, 0.15) is 5.69 Å². The average molecular weight is 291 g/mol. The predicted molar refractivity (Wildman–Crippen MR) is 70.7 cm³/mol. The number of nitrogens with one attached hydrogen (secondary N) is 1. The van der Waals surface area contributed by atoms with Crippen molar-refractivity contribution in [2.45, 2.75) is 6.92 Å². The van der Waals surface area contributed by atoms with Gasteiger partial charge in [0.2, 0.25) is 0 Å². The van der Waals surface area contributed by atoms with E-state index in [9.17, 15) is 0 Å². The summed E-state index contributed by atoms with van der Waals surface area (Å²) in [5.41, 5.74) is 4.17. The number of H-pyrrole nitrogens is 1. The minimum atomic E-state index is 0.848. The Bertz CT molecular complexity index is 696. The molecule has 0 radical (unpaired) electrons. The molecule has 0 bridgehead atoms. The molecule has 3 rings (SSSR count). The monoisotopic (exact) mass is 290 g/mol. The van der Waals surface area contributed by atoms with Gasteiger partial charge in [-0.05, 0) is 24.6 Å². The molecule has 0 aliphatic heterocycles. The normalized spacial score (nSPS) is 11.2. The Morgan fingerprint density at radius 1 is 1.35 bits per heavy atom. The Labute approximate surface area is 107 Å². The molecular weight excluding hydrogens is 280 g/mol. The number of hydrogen-bond acceptors (Lipinski definition) is 2. The number of halogens is 1. The Kier molecular flexibility index (Phi) is 2.29. The standard InChI is InChI=1S/C12H11BrN4/c1-7-3-8(13)4-9-11(7)16-12(15-9)10-5-14-6-17(10)2/h3-6H,1-2H3,(H,15,16). The summed E-state index contributed by atoms with van der Waals surface area (Å²) in [6, 6.07) is 4.10. The van der Waals surface area contributed by atoms with Gasteiger partial charge in [-0.1, -0.05) is 15.9 Å². The Morgan fingerprint density at radius 2 is 2.18 bits per heavy atom. The fourth-order valence-electron chi connectivity index (χ4n) is 1.95. The van der Waals surface area contributed by atoms with Crippen molar-refractivity contribution in [2.75, 3.05) is 0 Å². The van der Waals surface area contributed by atoms with Gasteiger partial charge in [0, 0.05) is 11.5 Å². The zero-order valence-corrected chi connectivity index (χ0v) is 11.1. The summed E-state index contributed by atoms with van der Waals surface area (Å²) in [6.45, 7) is 2.06. The van der Waals surface area contributed by atoms with Crippen LogP contribution in [0.3, 0.4) is 0 Å². The van der Waals surface area contributed by atoms with Crippen LogP contribution in [0.1, 0.15) is 5.56 Å². The Balaban J connectivity index is 2.27. The fourth-order valence-corrected chi connectivity index (χ4v) is 2.53. The lowest BCUT2D eigenvalue weighted by Crippen LogP contribution is -1.90. The van der Waals surface area contributed by atoms with E-state index in [-0.39, 0.29) is 0 Å². The van der Waals surface area contributed by atoms with Crippen LogP contribution in [-0.2, 0) is 7.05 Å². The van der Waals surface area contributed by atoms with Crippen molar-refractivity contribution in [3.63, 3.8) is 0 Å². The highest BCUT2D eigenvalue weighted by Gasteiger charge is 2.10. The lowest BCUT2D eigenvalue weighted by atomic mass is 10.2. The van der Waals surface area contributed by atoms with Crippen molar-refractivity contribution in [1.29, 1.82) is 0 Å². The highest BCUT2D eigenvalue weighted by molar-refractivity contribution is 9.10. The summed E-state index contributed by atoms with van der Waals surface area (Å²) in [6.07, 6.45) is 3.58. The molecule has 86 valence electrons. The average Bonchev–Trinajstić information content (AvgIpc) is 2.83. The molecule has 4 nitrogen and oxygen atoms in total. The largest absolute Gasteiger partial charge is 0.337 e. The summed E-state index contributed by atoms with van der Waals surface area (Å²) in [7, 11) is 1.96. The van der Waals surface area contributed by atoms with Crippen LogP contribution in [-0.4, -0.2) is 19.5 Å². The highest BCUT2D eigenvalue weighted by atomic mass is 79.9. The number of nitrogens with zero attached hydrogens (tertiary/aromatic N) is 3. The second kappa shape index (κ2) is 3.70. The molecule has 0 aliphatic carbocycles. The van der Waals surface area contributed by atoms with Crippen LogP contribution in [0.2, 0.25) is 0 Å². The van der Waals surface area contributed by atoms with Gasteiger partial charge in [-0.3, -0.25) is 0 Å². The fraction of sp³-hybridized carbons (Fsp3) is 0.167. The summed E-state index contributed by atoms with van der Waals surface area (Å²) >= 11 is 3.49. The van der Waals surface area contributed by atoms with E-state index in [1.54, 1.807) is 6.33 Å². The summed E-state index contributed by atoms with van der Waals surface area (Å²) < 4.78 is 3.00. The first-order valence-electron chi connectivity index (χ1n) is 5.27. The SMILES string of the molecule is Cc1cc(Br)cc2[nH]c(-c3cncn3C)nc12. The first-order valence-corrected chi connectivity index (χ1v) is 6.07. The molecule has 0 saturated carbocycles. The van der Waals surface area contributed by atoms with Crippen LogP contribution < -0.4 is 0 Å². The number of benzene rings is 1. The molecule has 17 heavy (non-hydrogen) atoms. The third-order valence-corrected chi connectivity index (χ3v) is 3.26. The number of imidazole rings is 2. The second-order valence-electron chi connectivity index (χ2n) is 4.09. The third kappa shape index (κ3) is 1.67. The van der Waals surface area contributed by atoms with E-state index in [4.69, 9.17) is 0 Å². The lowest BCUT2D eigenvalue weighted by molar-refractivity contribution is 0.913. The number of hydrogen-bond donors (Lipinski definition) is 1. The molecule has 0 spiro atoms. The van der Waals surface area contributed by atoms with E-state index in [0.29, 0.717) is 0 Å². The number of aromatic amines is 1. The first-order chi connectivity index (χ1) is 8.15. The molecule has 0 atom stereocenters. The van der Waals surface area contributed by atoms with Crippen molar-refractivity contribution in [2.24, 2.45) is 7.05 Å². The van der Waals surface area contributed by atoms with Crippen molar-refractivity contribution >= 4 is 27.0 Å². The molecule has 5 heteroatoms. The number of rotatable bonds is 1. The maximum atomic E-state index is 4.62. The molecule has 1 N–H and O–H groups in total. The van der Waals surface area contributed by atoms with E-state index in [2.05, 4.69) is 43.9 Å². The van der Waals surface area contributed by atoms with Gasteiger partial charge < -0.3 is 9.55 Å². The second-order valence-corrected chi connectivity index (χ2v) is 5.01. The molecule has 3 aromatic rings. The highest BCUT2D eigenvalue weighted by Crippen LogP contribution is 2.25. The van der Waals surface area contributed by atoms with Crippen molar-refractivity contribution in [1.82, 2.24) is 19.5 Å².